The Bertz CT molecular complexity index is 536. The molecule has 0 saturated carbocycles. The summed E-state index contributed by atoms with van der Waals surface area (Å²) in [6, 6.07) is 5.63. The van der Waals surface area contributed by atoms with Gasteiger partial charge in [-0.3, -0.25) is 0 Å². The van der Waals surface area contributed by atoms with E-state index in [1.165, 1.54) is 0 Å². The van der Waals surface area contributed by atoms with Gasteiger partial charge >= 0.3 is 6.09 Å². The summed E-state index contributed by atoms with van der Waals surface area (Å²) in [4.78, 5) is 14.2. The molecule has 22 heavy (non-hydrogen) atoms. The predicted molar refractivity (Wildman–Crippen MR) is 84.5 cm³/mol. The lowest BCUT2D eigenvalue weighted by molar-refractivity contribution is 0.0223. The minimum Gasteiger partial charge on any atom is -0.497 e. The van der Waals surface area contributed by atoms with Crippen LogP contribution >= 0.6 is 0 Å². The van der Waals surface area contributed by atoms with Gasteiger partial charge < -0.3 is 19.1 Å². The molecular weight excluding hydrogens is 282 g/mol. The van der Waals surface area contributed by atoms with E-state index < -0.39 is 5.60 Å². The minimum atomic E-state index is -0.497. The van der Waals surface area contributed by atoms with Crippen molar-refractivity contribution in [2.75, 3.05) is 20.8 Å². The van der Waals surface area contributed by atoms with E-state index in [-0.39, 0.29) is 12.1 Å². The second kappa shape index (κ2) is 6.46. The molecule has 0 radical (unpaired) electrons. The van der Waals surface area contributed by atoms with Gasteiger partial charge in [-0.25, -0.2) is 4.79 Å². The molecule has 0 spiro atoms. The zero-order chi connectivity index (χ0) is 16.3. The lowest BCUT2D eigenvalue weighted by atomic mass is 10.0. The quantitative estimate of drug-likeness (QED) is 0.852. The smallest absolute Gasteiger partial charge is 0.410 e. The van der Waals surface area contributed by atoms with E-state index >= 15 is 0 Å². The van der Waals surface area contributed by atoms with Crippen molar-refractivity contribution in [3.05, 3.63) is 23.8 Å². The van der Waals surface area contributed by atoms with E-state index in [4.69, 9.17) is 14.2 Å². The number of benzene rings is 1. The highest BCUT2D eigenvalue weighted by molar-refractivity contribution is 5.69. The van der Waals surface area contributed by atoms with Crippen molar-refractivity contribution in [2.45, 2.75) is 45.3 Å². The fraction of sp³-hybridized carbons (Fsp3) is 0.588. The lowest BCUT2D eigenvalue weighted by Gasteiger charge is -2.29. The van der Waals surface area contributed by atoms with Crippen LogP contribution in [0.25, 0.3) is 0 Å². The van der Waals surface area contributed by atoms with Crippen LogP contribution in [-0.4, -0.2) is 37.4 Å². The van der Waals surface area contributed by atoms with E-state index in [9.17, 15) is 4.79 Å². The first-order chi connectivity index (χ1) is 10.4. The third-order valence-corrected chi connectivity index (χ3v) is 3.68. The van der Waals surface area contributed by atoms with Gasteiger partial charge in [0.15, 0.2) is 0 Å². The standard InChI is InChI=1S/C17H25NO4/c1-17(2,3)22-16(19)18-10-6-7-14(18)13-11-12(20-4)8-9-15(13)21-5/h8-9,11,14H,6-7,10H2,1-5H3/t14-/m1/s1. The van der Waals surface area contributed by atoms with Gasteiger partial charge in [0.05, 0.1) is 20.3 Å². The SMILES string of the molecule is COc1ccc(OC)c([C@H]2CCCN2C(=O)OC(C)(C)C)c1. The third kappa shape index (κ3) is 3.64. The molecule has 0 aromatic heterocycles. The Balaban J connectivity index is 2.28. The molecule has 1 aromatic rings. The van der Waals surface area contributed by atoms with Crippen LogP contribution in [0.2, 0.25) is 0 Å². The summed E-state index contributed by atoms with van der Waals surface area (Å²) in [5.74, 6) is 1.52. The molecule has 0 bridgehead atoms. The van der Waals surface area contributed by atoms with Crippen LogP contribution in [-0.2, 0) is 4.74 Å². The molecular formula is C17H25NO4. The van der Waals surface area contributed by atoms with Gasteiger partial charge in [0, 0.05) is 12.1 Å². The number of carbonyl (C=O) groups excluding carboxylic acids is 1. The van der Waals surface area contributed by atoms with Gasteiger partial charge in [0.2, 0.25) is 0 Å². The van der Waals surface area contributed by atoms with E-state index in [0.29, 0.717) is 6.54 Å². The second-order valence-corrected chi connectivity index (χ2v) is 6.44. The molecule has 1 saturated heterocycles. The average Bonchev–Trinajstić information content (AvgIpc) is 2.94. The first-order valence-electron chi connectivity index (χ1n) is 7.57. The maximum Gasteiger partial charge on any atom is 0.410 e. The molecule has 5 nitrogen and oxygen atoms in total. The minimum absolute atomic E-state index is 0.0418. The maximum atomic E-state index is 12.4. The molecule has 1 fully saturated rings. The van der Waals surface area contributed by atoms with E-state index in [1.807, 2.05) is 39.0 Å². The number of hydrogen-bond acceptors (Lipinski definition) is 4. The van der Waals surface area contributed by atoms with E-state index in [0.717, 1.165) is 29.9 Å². The second-order valence-electron chi connectivity index (χ2n) is 6.44. The zero-order valence-electron chi connectivity index (χ0n) is 14.0. The van der Waals surface area contributed by atoms with Gasteiger partial charge in [0.1, 0.15) is 17.1 Å². The molecule has 1 aliphatic rings. The Morgan fingerprint density at radius 2 is 1.95 bits per heavy atom. The molecule has 2 rings (SSSR count). The van der Waals surface area contributed by atoms with Gasteiger partial charge in [-0.2, -0.15) is 0 Å². The number of nitrogens with zero attached hydrogens (tertiary/aromatic N) is 1. The topological polar surface area (TPSA) is 48.0 Å². The maximum absolute atomic E-state index is 12.4. The molecule has 0 unspecified atom stereocenters. The molecule has 1 heterocycles. The summed E-state index contributed by atoms with van der Waals surface area (Å²) in [7, 11) is 3.27. The Hall–Kier alpha value is -1.91. The van der Waals surface area contributed by atoms with Crippen LogP contribution in [0, 0.1) is 0 Å². The molecule has 122 valence electrons. The van der Waals surface area contributed by atoms with Crippen LogP contribution < -0.4 is 9.47 Å². The fourth-order valence-corrected chi connectivity index (χ4v) is 2.73. The number of rotatable bonds is 3. The van der Waals surface area contributed by atoms with Crippen molar-refractivity contribution in [2.24, 2.45) is 0 Å². The van der Waals surface area contributed by atoms with Crippen LogP contribution in [0.4, 0.5) is 4.79 Å². The highest BCUT2D eigenvalue weighted by atomic mass is 16.6. The number of likely N-dealkylation sites (tertiary alicyclic amines) is 1. The third-order valence-electron chi connectivity index (χ3n) is 3.68. The normalized spacial score (nSPS) is 18.2. The van der Waals surface area contributed by atoms with Crippen molar-refractivity contribution >= 4 is 6.09 Å². The zero-order valence-corrected chi connectivity index (χ0v) is 14.0. The van der Waals surface area contributed by atoms with Gasteiger partial charge in [-0.15, -0.1) is 0 Å². The number of ether oxygens (including phenoxy) is 3. The van der Waals surface area contributed by atoms with Gasteiger partial charge in [-0.05, 0) is 51.8 Å². The molecule has 1 amide bonds. The Morgan fingerprint density at radius 1 is 1.23 bits per heavy atom. The molecule has 0 aliphatic carbocycles. The molecule has 0 N–H and O–H groups in total. The Morgan fingerprint density at radius 3 is 2.55 bits per heavy atom. The van der Waals surface area contributed by atoms with Crippen LogP contribution in [0.15, 0.2) is 18.2 Å². The Kier molecular flexibility index (Phi) is 4.84. The first kappa shape index (κ1) is 16.5. The summed E-state index contributed by atoms with van der Waals surface area (Å²) in [6.07, 6.45) is 1.56. The monoisotopic (exact) mass is 307 g/mol. The number of carbonyl (C=O) groups is 1. The fourth-order valence-electron chi connectivity index (χ4n) is 2.73. The molecule has 5 heteroatoms. The van der Waals surface area contributed by atoms with Crippen LogP contribution in [0.5, 0.6) is 11.5 Å². The summed E-state index contributed by atoms with van der Waals surface area (Å²) < 4.78 is 16.3. The largest absolute Gasteiger partial charge is 0.497 e. The van der Waals surface area contributed by atoms with Gasteiger partial charge in [-0.1, -0.05) is 0 Å². The first-order valence-corrected chi connectivity index (χ1v) is 7.57. The average molecular weight is 307 g/mol. The van der Waals surface area contributed by atoms with Gasteiger partial charge in [0.25, 0.3) is 0 Å². The van der Waals surface area contributed by atoms with E-state index in [2.05, 4.69) is 0 Å². The number of amides is 1. The van der Waals surface area contributed by atoms with Crippen molar-refractivity contribution in [1.82, 2.24) is 4.90 Å². The summed E-state index contributed by atoms with van der Waals surface area (Å²) in [5, 5.41) is 0. The summed E-state index contributed by atoms with van der Waals surface area (Å²) in [6.45, 7) is 6.33. The van der Waals surface area contributed by atoms with Crippen molar-refractivity contribution in [3.8, 4) is 11.5 Å². The van der Waals surface area contributed by atoms with Crippen molar-refractivity contribution in [3.63, 3.8) is 0 Å². The number of hydrogen-bond donors (Lipinski definition) is 0. The van der Waals surface area contributed by atoms with Crippen molar-refractivity contribution < 1.29 is 19.0 Å². The number of methoxy groups -OCH3 is 2. The molecule has 1 aliphatic heterocycles. The summed E-state index contributed by atoms with van der Waals surface area (Å²) in [5.41, 5.74) is 0.466. The lowest BCUT2D eigenvalue weighted by Crippen LogP contribution is -2.36. The molecule has 1 atom stereocenters. The molecule has 1 aromatic carbocycles. The van der Waals surface area contributed by atoms with Crippen molar-refractivity contribution in [1.29, 1.82) is 0 Å². The Labute approximate surface area is 132 Å². The highest BCUT2D eigenvalue weighted by Gasteiger charge is 2.34. The van der Waals surface area contributed by atoms with E-state index in [1.54, 1.807) is 19.1 Å². The van der Waals surface area contributed by atoms with Crippen LogP contribution in [0.3, 0.4) is 0 Å². The predicted octanol–water partition coefficient (Wildman–Crippen LogP) is 3.78. The van der Waals surface area contributed by atoms with Crippen LogP contribution in [0.1, 0.15) is 45.2 Å². The highest BCUT2D eigenvalue weighted by Crippen LogP contribution is 2.39. The summed E-state index contributed by atoms with van der Waals surface area (Å²) >= 11 is 0.